The molecule has 0 spiro atoms. The fraction of sp³-hybridized carbons (Fsp3) is 0.385. The lowest BCUT2D eigenvalue weighted by molar-refractivity contribution is -0.143. The zero-order valence-corrected chi connectivity index (χ0v) is 11.5. The molecule has 2 rings (SSSR count). The smallest absolute Gasteiger partial charge is 0.330 e. The second-order valence-electron chi connectivity index (χ2n) is 4.59. The van der Waals surface area contributed by atoms with E-state index in [9.17, 15) is 19.1 Å². The highest BCUT2D eigenvalue weighted by Gasteiger charge is 2.43. The summed E-state index contributed by atoms with van der Waals surface area (Å²) >= 11 is 1.48. The van der Waals surface area contributed by atoms with Gasteiger partial charge in [0.1, 0.15) is 11.4 Å². The average Bonchev–Trinajstić information content (AvgIpc) is 2.88. The van der Waals surface area contributed by atoms with Crippen LogP contribution < -0.4 is 10.6 Å². The van der Waals surface area contributed by atoms with E-state index in [1.54, 1.807) is 18.2 Å². The number of urea groups is 1. The number of hydrogen-bond acceptors (Lipinski definition) is 3. The quantitative estimate of drug-likeness (QED) is 0.788. The van der Waals surface area contributed by atoms with E-state index in [0.717, 1.165) is 0 Å². The number of halogens is 1. The van der Waals surface area contributed by atoms with Gasteiger partial charge in [-0.05, 0) is 18.2 Å². The third-order valence-corrected chi connectivity index (χ3v) is 4.37. The number of aliphatic carboxylic acids is 1. The van der Waals surface area contributed by atoms with Crippen LogP contribution in [-0.2, 0) is 11.3 Å². The minimum atomic E-state index is -1.22. The summed E-state index contributed by atoms with van der Waals surface area (Å²) in [5.74, 6) is -0.407. The molecule has 1 atom stereocenters. The first-order chi connectivity index (χ1) is 9.53. The van der Waals surface area contributed by atoms with Crippen molar-refractivity contribution in [3.8, 4) is 0 Å². The van der Waals surface area contributed by atoms with Gasteiger partial charge >= 0.3 is 12.0 Å². The summed E-state index contributed by atoms with van der Waals surface area (Å²) in [5, 5.41) is 14.2. The van der Waals surface area contributed by atoms with Crippen LogP contribution in [0, 0.1) is 5.82 Å². The Kier molecular flexibility index (Phi) is 4.49. The van der Waals surface area contributed by atoms with E-state index in [0.29, 0.717) is 23.5 Å². The highest BCUT2D eigenvalue weighted by atomic mass is 32.2. The van der Waals surface area contributed by atoms with Crippen LogP contribution in [0.5, 0.6) is 0 Å². The summed E-state index contributed by atoms with van der Waals surface area (Å²) in [4.78, 5) is 23.0. The van der Waals surface area contributed by atoms with Gasteiger partial charge in [0.2, 0.25) is 0 Å². The normalized spacial score (nSPS) is 21.4. The minimum Gasteiger partial charge on any atom is -0.479 e. The van der Waals surface area contributed by atoms with Crippen molar-refractivity contribution in [1.82, 2.24) is 10.6 Å². The molecule has 5 nitrogen and oxygen atoms in total. The van der Waals surface area contributed by atoms with E-state index in [4.69, 9.17) is 0 Å². The third-order valence-electron chi connectivity index (χ3n) is 3.18. The lowest BCUT2D eigenvalue weighted by Crippen LogP contribution is -2.57. The molecule has 1 aliphatic rings. The molecule has 0 bridgehead atoms. The molecule has 3 N–H and O–H groups in total. The number of nitrogens with one attached hydrogen (secondary N) is 2. The number of thioether (sulfide) groups is 1. The third kappa shape index (κ3) is 3.22. The van der Waals surface area contributed by atoms with E-state index in [-0.39, 0.29) is 6.54 Å². The SMILES string of the molecule is O=C(NCc1ccccc1F)N[C@@]1(C(=O)O)CCSC1. The largest absolute Gasteiger partial charge is 0.479 e. The lowest BCUT2D eigenvalue weighted by atomic mass is 10.00. The maximum atomic E-state index is 13.4. The number of carbonyl (C=O) groups is 2. The molecule has 1 aromatic carbocycles. The molecule has 1 aliphatic heterocycles. The molecule has 7 heteroatoms. The van der Waals surface area contributed by atoms with Crippen LogP contribution in [0.2, 0.25) is 0 Å². The topological polar surface area (TPSA) is 78.4 Å². The number of amides is 2. The number of carbonyl (C=O) groups excluding carboxylic acids is 1. The molecule has 0 aromatic heterocycles. The Morgan fingerprint density at radius 2 is 2.15 bits per heavy atom. The predicted molar refractivity (Wildman–Crippen MR) is 74.1 cm³/mol. The van der Waals surface area contributed by atoms with Crippen LogP contribution >= 0.6 is 11.8 Å². The molecule has 108 valence electrons. The van der Waals surface area contributed by atoms with E-state index >= 15 is 0 Å². The first-order valence-electron chi connectivity index (χ1n) is 6.14. The van der Waals surface area contributed by atoms with Crippen molar-refractivity contribution < 1.29 is 19.1 Å². The Morgan fingerprint density at radius 3 is 2.75 bits per heavy atom. The lowest BCUT2D eigenvalue weighted by Gasteiger charge is -2.24. The van der Waals surface area contributed by atoms with Crippen molar-refractivity contribution in [2.24, 2.45) is 0 Å². The van der Waals surface area contributed by atoms with Gasteiger partial charge in [-0.2, -0.15) is 11.8 Å². The maximum Gasteiger partial charge on any atom is 0.330 e. The number of carboxylic acids is 1. The highest BCUT2D eigenvalue weighted by Crippen LogP contribution is 2.28. The molecule has 2 amide bonds. The average molecular weight is 298 g/mol. The summed E-state index contributed by atoms with van der Waals surface area (Å²) < 4.78 is 13.4. The fourth-order valence-electron chi connectivity index (χ4n) is 1.96. The first-order valence-corrected chi connectivity index (χ1v) is 7.29. The van der Waals surface area contributed by atoms with Crippen LogP contribution in [0.3, 0.4) is 0 Å². The molecule has 1 saturated heterocycles. The van der Waals surface area contributed by atoms with Gasteiger partial charge in [-0.3, -0.25) is 0 Å². The Bertz CT molecular complexity index is 518. The van der Waals surface area contributed by atoms with Gasteiger partial charge in [-0.1, -0.05) is 18.2 Å². The number of hydrogen-bond donors (Lipinski definition) is 3. The second kappa shape index (κ2) is 6.13. The van der Waals surface area contributed by atoms with E-state index < -0.39 is 23.4 Å². The van der Waals surface area contributed by atoms with E-state index in [1.807, 2.05) is 0 Å². The Labute approximate surface area is 119 Å². The van der Waals surface area contributed by atoms with Gasteiger partial charge in [0.25, 0.3) is 0 Å². The van der Waals surface area contributed by atoms with Gasteiger partial charge in [0.05, 0.1) is 0 Å². The van der Waals surface area contributed by atoms with Crippen LogP contribution in [0.4, 0.5) is 9.18 Å². The zero-order chi connectivity index (χ0) is 14.6. The van der Waals surface area contributed by atoms with Crippen molar-refractivity contribution >= 4 is 23.8 Å². The van der Waals surface area contributed by atoms with Gasteiger partial charge in [0, 0.05) is 17.9 Å². The van der Waals surface area contributed by atoms with Crippen molar-refractivity contribution in [2.45, 2.75) is 18.5 Å². The monoisotopic (exact) mass is 298 g/mol. The second-order valence-corrected chi connectivity index (χ2v) is 5.69. The van der Waals surface area contributed by atoms with Crippen LogP contribution in [0.1, 0.15) is 12.0 Å². The maximum absolute atomic E-state index is 13.4. The number of rotatable bonds is 4. The Balaban J connectivity index is 1.92. The van der Waals surface area contributed by atoms with Crippen LogP contribution in [-0.4, -0.2) is 34.2 Å². The van der Waals surface area contributed by atoms with Crippen LogP contribution in [0.25, 0.3) is 0 Å². The summed E-state index contributed by atoms with van der Waals surface area (Å²) in [5.41, 5.74) is -0.864. The molecule has 1 heterocycles. The molecule has 20 heavy (non-hydrogen) atoms. The van der Waals surface area contributed by atoms with Crippen molar-refractivity contribution in [3.63, 3.8) is 0 Å². The molecule has 0 unspecified atom stereocenters. The first kappa shape index (κ1) is 14.6. The van der Waals surface area contributed by atoms with Crippen molar-refractivity contribution in [2.75, 3.05) is 11.5 Å². The van der Waals surface area contributed by atoms with Crippen molar-refractivity contribution in [1.29, 1.82) is 0 Å². The highest BCUT2D eigenvalue weighted by molar-refractivity contribution is 7.99. The molecular weight excluding hydrogens is 283 g/mol. The minimum absolute atomic E-state index is 0.0152. The summed E-state index contributed by atoms with van der Waals surface area (Å²) in [6, 6.07) is 5.51. The predicted octanol–water partition coefficient (Wildman–Crippen LogP) is 1.59. The summed E-state index contributed by atoms with van der Waals surface area (Å²) in [6.45, 7) is 0.0152. The van der Waals surface area contributed by atoms with Crippen molar-refractivity contribution in [3.05, 3.63) is 35.6 Å². The van der Waals surface area contributed by atoms with Gasteiger partial charge < -0.3 is 15.7 Å². The Hall–Kier alpha value is -1.76. The molecule has 1 fully saturated rings. The molecule has 1 aromatic rings. The molecule has 0 radical (unpaired) electrons. The van der Waals surface area contributed by atoms with Gasteiger partial charge in [-0.15, -0.1) is 0 Å². The van der Waals surface area contributed by atoms with Gasteiger partial charge in [-0.25, -0.2) is 14.0 Å². The number of carboxylic acid groups (broad SMARTS) is 1. The van der Waals surface area contributed by atoms with E-state index in [1.165, 1.54) is 17.8 Å². The zero-order valence-electron chi connectivity index (χ0n) is 10.7. The fourth-order valence-corrected chi connectivity index (χ4v) is 3.29. The van der Waals surface area contributed by atoms with Crippen LogP contribution in [0.15, 0.2) is 24.3 Å². The Morgan fingerprint density at radius 1 is 1.40 bits per heavy atom. The van der Waals surface area contributed by atoms with E-state index in [2.05, 4.69) is 10.6 Å². The standard InChI is InChI=1S/C13H15FN2O3S/c14-10-4-2-1-3-9(10)7-15-12(19)16-13(11(17)18)5-6-20-8-13/h1-4H,5-8H2,(H,17,18)(H2,15,16,19)/t13-/m0/s1. The molecule has 0 aliphatic carbocycles. The van der Waals surface area contributed by atoms with Gasteiger partial charge in [0.15, 0.2) is 0 Å². The molecule has 0 saturated carbocycles. The summed E-state index contributed by atoms with van der Waals surface area (Å²) in [7, 11) is 0. The summed E-state index contributed by atoms with van der Waals surface area (Å²) in [6.07, 6.45) is 0.389. The molecular formula is C13H15FN2O3S. The number of benzene rings is 1.